The number of carbonyl (C=O) groups is 3. The third kappa shape index (κ3) is 8.36. The first-order valence-corrected chi connectivity index (χ1v) is 16.6. The summed E-state index contributed by atoms with van der Waals surface area (Å²) in [6, 6.07) is 18.1. The van der Waals surface area contributed by atoms with Crippen LogP contribution in [0.3, 0.4) is 0 Å². The normalized spacial score (nSPS) is 17.0. The number of carbonyl (C=O) groups excluding carboxylic acids is 3. The maximum atomic E-state index is 14.4. The average Bonchev–Trinajstić information content (AvgIpc) is 3.43. The standard InChI is InChI=1S/C34H40FN3O7S/c1-5-22(2)19-37(46(43,44)28-16-11-23(3)29(35)18-28)20-31(40)30(17-25-9-7-6-8-10-25)36-33(41)32-21-38(34(42)45-32)27-14-12-26(13-15-27)24(4)39/h6-16,18,22,30-32,40H,5,17,19-21H2,1-4H3,(H,36,41)/t22-,30-,31+,32-/m0/s1. The van der Waals surface area contributed by atoms with Gasteiger partial charge in [-0.1, -0.05) is 56.7 Å². The Morgan fingerprint density at radius 1 is 1.09 bits per heavy atom. The Labute approximate surface area is 269 Å². The molecule has 1 fully saturated rings. The zero-order chi connectivity index (χ0) is 33.6. The number of halogens is 1. The number of cyclic esters (lactones) is 1. The fourth-order valence-corrected chi connectivity index (χ4v) is 6.67. The highest BCUT2D eigenvalue weighted by Crippen LogP contribution is 2.24. The predicted octanol–water partition coefficient (Wildman–Crippen LogP) is 4.49. The number of aryl methyl sites for hydroxylation is 1. The monoisotopic (exact) mass is 653 g/mol. The van der Waals surface area contributed by atoms with Crippen LogP contribution < -0.4 is 10.2 Å². The Hall–Kier alpha value is -4.13. The maximum Gasteiger partial charge on any atom is 0.415 e. The molecular weight excluding hydrogens is 613 g/mol. The van der Waals surface area contributed by atoms with Crippen molar-refractivity contribution >= 4 is 33.5 Å². The van der Waals surface area contributed by atoms with Crippen molar-refractivity contribution in [3.8, 4) is 0 Å². The number of nitrogens with zero attached hydrogens (tertiary/aromatic N) is 2. The molecule has 0 aliphatic carbocycles. The van der Waals surface area contributed by atoms with E-state index >= 15 is 0 Å². The van der Waals surface area contributed by atoms with Crippen molar-refractivity contribution in [2.75, 3.05) is 24.5 Å². The number of amides is 2. The molecule has 1 saturated heterocycles. The van der Waals surface area contributed by atoms with Gasteiger partial charge in [-0.3, -0.25) is 14.5 Å². The van der Waals surface area contributed by atoms with Gasteiger partial charge in [0.25, 0.3) is 5.91 Å². The van der Waals surface area contributed by atoms with Crippen molar-refractivity contribution < 1.29 is 37.0 Å². The van der Waals surface area contributed by atoms with Gasteiger partial charge in [0.15, 0.2) is 11.9 Å². The van der Waals surface area contributed by atoms with Gasteiger partial charge in [-0.05, 0) is 73.7 Å². The molecule has 3 aromatic rings. The Kier molecular flexibility index (Phi) is 11.3. The smallest absolute Gasteiger partial charge is 0.415 e. The Morgan fingerprint density at radius 2 is 1.76 bits per heavy atom. The quantitative estimate of drug-likeness (QED) is 0.245. The van der Waals surface area contributed by atoms with Crippen molar-refractivity contribution in [2.45, 2.75) is 63.7 Å². The molecule has 46 heavy (non-hydrogen) atoms. The number of benzene rings is 3. The number of hydrogen-bond acceptors (Lipinski definition) is 7. The van der Waals surface area contributed by atoms with Crippen molar-refractivity contribution in [3.63, 3.8) is 0 Å². The first-order chi connectivity index (χ1) is 21.8. The molecule has 0 aromatic heterocycles. The van der Waals surface area contributed by atoms with Gasteiger partial charge in [0.05, 0.1) is 23.6 Å². The molecule has 4 atom stereocenters. The lowest BCUT2D eigenvalue weighted by Crippen LogP contribution is -2.53. The van der Waals surface area contributed by atoms with E-state index in [0.717, 1.165) is 15.9 Å². The van der Waals surface area contributed by atoms with E-state index in [0.29, 0.717) is 23.2 Å². The molecule has 0 unspecified atom stereocenters. The summed E-state index contributed by atoms with van der Waals surface area (Å²) in [7, 11) is -4.22. The predicted molar refractivity (Wildman–Crippen MR) is 171 cm³/mol. The summed E-state index contributed by atoms with van der Waals surface area (Å²) < 4.78 is 48.4. The van der Waals surface area contributed by atoms with E-state index < -0.39 is 46.1 Å². The van der Waals surface area contributed by atoms with E-state index in [4.69, 9.17) is 4.74 Å². The van der Waals surface area contributed by atoms with Gasteiger partial charge in [-0.25, -0.2) is 17.6 Å². The second-order valence-electron chi connectivity index (χ2n) is 11.7. The number of anilines is 1. The number of hydrogen-bond donors (Lipinski definition) is 2. The van der Waals surface area contributed by atoms with Crippen molar-refractivity contribution in [3.05, 3.63) is 95.3 Å². The SMILES string of the molecule is CC[C@H](C)CN(C[C@@H](O)[C@H](Cc1ccccc1)NC(=O)[C@@H]1CN(c2ccc(C(C)=O)cc2)C(=O)O1)S(=O)(=O)c1ccc(C)c(F)c1. The third-order valence-corrected chi connectivity index (χ3v) is 9.99. The first kappa shape index (κ1) is 34.7. The van der Waals surface area contributed by atoms with E-state index in [2.05, 4.69) is 5.32 Å². The van der Waals surface area contributed by atoms with Crippen molar-refractivity contribution in [2.24, 2.45) is 5.92 Å². The van der Waals surface area contributed by atoms with Gasteiger partial charge >= 0.3 is 6.09 Å². The Bertz CT molecular complexity index is 1650. The molecular formula is C34H40FN3O7S. The van der Waals surface area contributed by atoms with Crippen LogP contribution in [0.5, 0.6) is 0 Å². The van der Waals surface area contributed by atoms with Crippen molar-refractivity contribution in [1.82, 2.24) is 9.62 Å². The van der Waals surface area contributed by atoms with Crippen LogP contribution in [-0.4, -0.2) is 73.5 Å². The molecule has 0 bridgehead atoms. The lowest BCUT2D eigenvalue weighted by Gasteiger charge is -2.31. The molecule has 10 nitrogen and oxygen atoms in total. The first-order valence-electron chi connectivity index (χ1n) is 15.2. The largest absolute Gasteiger partial charge is 0.434 e. The molecule has 12 heteroatoms. The van der Waals surface area contributed by atoms with E-state index in [1.165, 1.54) is 30.9 Å². The number of aliphatic hydroxyl groups excluding tert-OH is 1. The molecule has 1 aliphatic rings. The van der Waals surface area contributed by atoms with Gasteiger partial charge in [0, 0.05) is 24.3 Å². The van der Waals surface area contributed by atoms with Crippen LogP contribution in [0.1, 0.15) is 48.7 Å². The van der Waals surface area contributed by atoms with Crippen LogP contribution in [0.4, 0.5) is 14.9 Å². The molecule has 0 saturated carbocycles. The summed E-state index contributed by atoms with van der Waals surface area (Å²) in [6.45, 7) is 6.34. The molecule has 246 valence electrons. The number of sulfonamides is 1. The van der Waals surface area contributed by atoms with E-state index in [1.807, 2.05) is 32.0 Å². The fraction of sp³-hybridized carbons (Fsp3) is 0.382. The van der Waals surface area contributed by atoms with Crippen LogP contribution in [0.25, 0.3) is 0 Å². The molecule has 2 amide bonds. The highest BCUT2D eigenvalue weighted by atomic mass is 32.2. The van der Waals surface area contributed by atoms with Crippen molar-refractivity contribution in [1.29, 1.82) is 0 Å². The second-order valence-corrected chi connectivity index (χ2v) is 13.6. The number of Topliss-reactive ketones (excluding diaryl/α,β-unsaturated/α-hetero) is 1. The highest BCUT2D eigenvalue weighted by molar-refractivity contribution is 7.89. The molecule has 0 spiro atoms. The summed E-state index contributed by atoms with van der Waals surface area (Å²) in [5, 5.41) is 14.3. The minimum atomic E-state index is -4.22. The van der Waals surface area contributed by atoms with Crippen LogP contribution in [-0.2, 0) is 26.0 Å². The zero-order valence-electron chi connectivity index (χ0n) is 26.4. The average molecular weight is 654 g/mol. The van der Waals surface area contributed by atoms with Gasteiger partial charge in [-0.15, -0.1) is 0 Å². The topological polar surface area (TPSA) is 133 Å². The summed E-state index contributed by atoms with van der Waals surface area (Å²) >= 11 is 0. The van der Waals surface area contributed by atoms with E-state index in [9.17, 15) is 32.3 Å². The number of nitrogens with one attached hydrogen (secondary N) is 1. The third-order valence-electron chi connectivity index (χ3n) is 8.16. The fourth-order valence-electron chi connectivity index (χ4n) is 5.08. The van der Waals surface area contributed by atoms with Crippen LogP contribution in [0.15, 0.2) is 77.7 Å². The van der Waals surface area contributed by atoms with Gasteiger partial charge in [0.2, 0.25) is 10.0 Å². The minimum absolute atomic E-state index is 0.0645. The molecule has 3 aromatic carbocycles. The summed E-state index contributed by atoms with van der Waals surface area (Å²) in [4.78, 5) is 38.8. The molecule has 0 radical (unpaired) electrons. The molecule has 1 aliphatic heterocycles. The lowest BCUT2D eigenvalue weighted by molar-refractivity contribution is -0.129. The van der Waals surface area contributed by atoms with Gasteiger partial charge in [0.1, 0.15) is 5.82 Å². The molecule has 4 rings (SSSR count). The second kappa shape index (κ2) is 15.0. The number of ether oxygens (including phenoxy) is 1. The summed E-state index contributed by atoms with van der Waals surface area (Å²) in [5.74, 6) is -1.52. The summed E-state index contributed by atoms with van der Waals surface area (Å²) in [6.07, 6.45) is -2.52. The van der Waals surface area contributed by atoms with Gasteiger partial charge < -0.3 is 15.2 Å². The summed E-state index contributed by atoms with van der Waals surface area (Å²) in [5.41, 5.74) is 2.00. The molecule has 1 heterocycles. The van der Waals surface area contributed by atoms with Crippen LogP contribution >= 0.6 is 0 Å². The number of ketones is 1. The lowest BCUT2D eigenvalue weighted by atomic mass is 10.0. The van der Waals surface area contributed by atoms with E-state index in [-0.39, 0.29) is 42.7 Å². The van der Waals surface area contributed by atoms with Crippen LogP contribution in [0, 0.1) is 18.7 Å². The Morgan fingerprint density at radius 3 is 2.37 bits per heavy atom. The van der Waals surface area contributed by atoms with E-state index in [1.54, 1.807) is 36.4 Å². The van der Waals surface area contributed by atoms with Crippen LogP contribution in [0.2, 0.25) is 0 Å². The zero-order valence-corrected chi connectivity index (χ0v) is 27.2. The molecule has 2 N–H and O–H groups in total. The highest BCUT2D eigenvalue weighted by Gasteiger charge is 2.39. The minimum Gasteiger partial charge on any atom is -0.434 e. The number of rotatable bonds is 14. The van der Waals surface area contributed by atoms with Gasteiger partial charge in [-0.2, -0.15) is 4.31 Å². The maximum absolute atomic E-state index is 14.4. The Balaban J connectivity index is 1.56. The number of aliphatic hydroxyl groups is 1.